The molecule has 0 atom stereocenters. The zero-order valence-corrected chi connectivity index (χ0v) is 6.18. The second-order valence-electron chi connectivity index (χ2n) is 2.22. The van der Waals surface area contributed by atoms with Crippen molar-refractivity contribution in [2.75, 3.05) is 0 Å². The molecule has 0 heterocycles. The van der Waals surface area contributed by atoms with Gasteiger partial charge in [0.15, 0.2) is 11.5 Å². The fraction of sp³-hybridized carbons (Fsp3) is 0. The number of aliphatic hydroxyl groups is 2. The maximum Gasteiger partial charge on any atom is 0.255 e. The second kappa shape index (κ2) is 3.00. The van der Waals surface area contributed by atoms with Crippen LogP contribution in [0.2, 0.25) is 0 Å². The zero-order chi connectivity index (χ0) is 10.2. The fourth-order valence-corrected chi connectivity index (χ4v) is 0.741. The smallest absolute Gasteiger partial charge is 0.255 e. The van der Waals surface area contributed by atoms with E-state index >= 15 is 0 Å². The van der Waals surface area contributed by atoms with Crippen LogP contribution in [0.3, 0.4) is 0 Å². The molecule has 0 aliphatic carbocycles. The van der Waals surface area contributed by atoms with E-state index in [4.69, 9.17) is 30.6 Å². The number of aliphatic hydroxyl groups excluding tert-OH is 1. The summed E-state index contributed by atoms with van der Waals surface area (Å²) in [7, 11) is 0. The molecule has 0 unspecified atom stereocenters. The first-order valence-corrected chi connectivity index (χ1v) is 3.09. The minimum Gasteiger partial charge on any atom is -0.504 e. The van der Waals surface area contributed by atoms with Gasteiger partial charge in [0.2, 0.25) is 11.5 Å². The van der Waals surface area contributed by atoms with Crippen LogP contribution in [-0.4, -0.2) is 30.6 Å². The topological polar surface area (TPSA) is 121 Å². The molecule has 0 aromatic heterocycles. The highest BCUT2D eigenvalue weighted by atomic mass is 16.5. The van der Waals surface area contributed by atoms with Gasteiger partial charge in [-0.05, 0) is 0 Å². The van der Waals surface area contributed by atoms with E-state index in [0.717, 1.165) is 0 Å². The third kappa shape index (κ3) is 1.44. The quantitative estimate of drug-likeness (QED) is 0.269. The number of hydrogen-bond donors (Lipinski definition) is 6. The maximum atomic E-state index is 8.98. The van der Waals surface area contributed by atoms with Crippen molar-refractivity contribution >= 4 is 0 Å². The molecule has 13 heavy (non-hydrogen) atoms. The molecule has 1 aromatic carbocycles. The Kier molecular flexibility index (Phi) is 2.18. The van der Waals surface area contributed by atoms with Crippen LogP contribution < -0.4 is 0 Å². The first kappa shape index (κ1) is 9.43. The van der Waals surface area contributed by atoms with Crippen molar-refractivity contribution in [3.8, 4) is 23.0 Å². The van der Waals surface area contributed by atoms with Crippen LogP contribution in [0.5, 0.6) is 23.0 Å². The Hall–Kier alpha value is -1.66. The summed E-state index contributed by atoms with van der Waals surface area (Å²) in [6, 6.07) is 1.84. The molecule has 1 rings (SSSR count). The molecule has 6 nitrogen and oxygen atoms in total. The largest absolute Gasteiger partial charge is 0.504 e. The molecule has 70 valence electrons. The normalized spacial score (nSPS) is 10.7. The summed E-state index contributed by atoms with van der Waals surface area (Å²) in [4.78, 5) is 0. The lowest BCUT2D eigenvalue weighted by Crippen LogP contribution is -1.96. The molecular weight excluding hydrogens is 180 g/mol. The average molecular weight is 186 g/mol. The summed E-state index contributed by atoms with van der Waals surface area (Å²) in [6.45, 7) is 0. The van der Waals surface area contributed by atoms with Crippen molar-refractivity contribution in [2.45, 2.75) is 0 Å². The van der Waals surface area contributed by atoms with Crippen molar-refractivity contribution in [3.63, 3.8) is 0 Å². The van der Waals surface area contributed by atoms with Gasteiger partial charge >= 0.3 is 0 Å². The third-order valence-electron chi connectivity index (χ3n) is 1.38. The van der Waals surface area contributed by atoms with Crippen LogP contribution >= 0.6 is 0 Å². The summed E-state index contributed by atoms with van der Waals surface area (Å²) >= 11 is 0. The Morgan fingerprint density at radius 1 is 0.846 bits per heavy atom. The summed E-state index contributed by atoms with van der Waals surface area (Å²) in [6.07, 6.45) is -1.33. The summed E-state index contributed by atoms with van der Waals surface area (Å²) in [5.41, 5.74) is -0.701. The number of rotatable bonds is 1. The van der Waals surface area contributed by atoms with Crippen LogP contribution in [0.4, 0.5) is 0 Å². The fourth-order valence-electron chi connectivity index (χ4n) is 0.741. The third-order valence-corrected chi connectivity index (χ3v) is 1.38. The monoisotopic (exact) mass is 186 g/mol. The van der Waals surface area contributed by atoms with E-state index in [-0.39, 0.29) is 0 Å². The van der Waals surface area contributed by atoms with Crippen molar-refractivity contribution in [1.29, 1.82) is 0 Å². The Morgan fingerprint density at radius 2 is 1.38 bits per heavy atom. The Balaban J connectivity index is 3.41. The van der Waals surface area contributed by atoms with E-state index in [0.29, 0.717) is 0 Å². The number of phenolic OH excluding ortho intramolecular Hbond substituents is 4. The van der Waals surface area contributed by atoms with Crippen LogP contribution in [0.1, 0.15) is 5.56 Å². The lowest BCUT2D eigenvalue weighted by molar-refractivity contribution is 0.106. The van der Waals surface area contributed by atoms with Crippen molar-refractivity contribution in [3.05, 3.63) is 17.9 Å². The van der Waals surface area contributed by atoms with E-state index in [1.807, 2.05) is 6.07 Å². The highest BCUT2D eigenvalue weighted by Gasteiger charge is 2.21. The lowest BCUT2D eigenvalue weighted by atomic mass is 10.1. The van der Waals surface area contributed by atoms with E-state index in [1.54, 1.807) is 0 Å². The van der Waals surface area contributed by atoms with Gasteiger partial charge in [-0.15, -0.1) is 0 Å². The predicted octanol–water partition coefficient (Wildman–Crippen LogP) is -0.108. The SMILES string of the molecule is O[C](O)c1[c]c(O)c(O)c(O)c1O. The van der Waals surface area contributed by atoms with E-state index in [2.05, 4.69) is 0 Å². The molecule has 1 aromatic rings. The molecule has 0 fully saturated rings. The van der Waals surface area contributed by atoms with Gasteiger partial charge in [-0.25, -0.2) is 0 Å². The minimum absolute atomic E-state index is 0.701. The minimum atomic E-state index is -1.33. The Labute approximate surface area is 72.6 Å². The number of benzene rings is 1. The predicted molar refractivity (Wildman–Crippen MR) is 38.2 cm³/mol. The first-order valence-electron chi connectivity index (χ1n) is 3.09. The van der Waals surface area contributed by atoms with Crippen LogP contribution in [0.15, 0.2) is 0 Å². The van der Waals surface area contributed by atoms with Crippen LogP contribution in [-0.2, 0) is 0 Å². The van der Waals surface area contributed by atoms with Gasteiger partial charge in [-0.3, -0.25) is 0 Å². The molecule has 6 N–H and O–H groups in total. The molecular formula is C7H6O6. The number of hydrogen-bond acceptors (Lipinski definition) is 6. The molecule has 0 saturated heterocycles. The van der Waals surface area contributed by atoms with E-state index < -0.39 is 34.9 Å². The Bertz CT molecular complexity index is 332. The van der Waals surface area contributed by atoms with Crippen LogP contribution in [0, 0.1) is 12.4 Å². The average Bonchev–Trinajstić information content (AvgIpc) is 2.07. The maximum absolute atomic E-state index is 8.98. The molecule has 2 radical (unpaired) electrons. The van der Waals surface area contributed by atoms with Gasteiger partial charge < -0.3 is 30.6 Å². The first-order chi connectivity index (χ1) is 5.95. The number of aromatic hydroxyl groups is 4. The molecule has 0 spiro atoms. The summed E-state index contributed by atoms with van der Waals surface area (Å²) in [5.74, 6) is -3.91. The highest BCUT2D eigenvalue weighted by molar-refractivity contribution is 5.61. The molecule has 0 aliphatic heterocycles. The van der Waals surface area contributed by atoms with Gasteiger partial charge in [0.1, 0.15) is 0 Å². The molecule has 0 aliphatic rings. The van der Waals surface area contributed by atoms with E-state index in [9.17, 15) is 0 Å². The highest BCUT2D eigenvalue weighted by Crippen LogP contribution is 2.44. The molecule has 0 saturated carbocycles. The van der Waals surface area contributed by atoms with Gasteiger partial charge in [-0.1, -0.05) is 0 Å². The standard InChI is InChI=1S/C7H6O6/c8-3-1-2(7(12)13)4(9)6(11)5(3)10/h8-13H. The second-order valence-corrected chi connectivity index (χ2v) is 2.22. The van der Waals surface area contributed by atoms with Crippen LogP contribution in [0.25, 0.3) is 0 Å². The van der Waals surface area contributed by atoms with Gasteiger partial charge in [-0.2, -0.15) is 0 Å². The van der Waals surface area contributed by atoms with Crippen molar-refractivity contribution in [1.82, 2.24) is 0 Å². The van der Waals surface area contributed by atoms with E-state index in [1.165, 1.54) is 0 Å². The molecule has 0 bridgehead atoms. The Morgan fingerprint density at radius 3 is 1.85 bits per heavy atom. The van der Waals surface area contributed by atoms with Gasteiger partial charge in [0.25, 0.3) is 6.29 Å². The van der Waals surface area contributed by atoms with Gasteiger partial charge in [0, 0.05) is 6.07 Å². The van der Waals surface area contributed by atoms with Crippen molar-refractivity contribution in [2.24, 2.45) is 0 Å². The zero-order valence-electron chi connectivity index (χ0n) is 6.18. The summed E-state index contributed by atoms with van der Waals surface area (Å²) in [5, 5.41) is 52.6. The van der Waals surface area contributed by atoms with Gasteiger partial charge in [0.05, 0.1) is 5.56 Å². The number of phenols is 4. The lowest BCUT2D eigenvalue weighted by Gasteiger charge is -2.08. The molecule has 0 amide bonds. The van der Waals surface area contributed by atoms with Crippen molar-refractivity contribution < 1.29 is 30.6 Å². The summed E-state index contributed by atoms with van der Waals surface area (Å²) < 4.78 is 0. The molecule has 6 heteroatoms.